The lowest BCUT2D eigenvalue weighted by Crippen LogP contribution is -2.48. The monoisotopic (exact) mass is 380 g/mol. The highest BCUT2D eigenvalue weighted by Crippen LogP contribution is 2.29. The second kappa shape index (κ2) is 7.84. The Bertz CT molecular complexity index is 903. The number of nitrogens with zero attached hydrogens (tertiary/aromatic N) is 1. The predicted octanol–water partition coefficient (Wildman–Crippen LogP) is 3.28. The minimum absolute atomic E-state index is 0.0485. The quantitative estimate of drug-likeness (QED) is 0.808. The Hall–Kier alpha value is -3.15. The standard InChI is InChI=1S/C22H24N2O4/c1-4-24(5-2)19(25)15-10-12-17(13-11-15)23-21(27)22(3)14-16-8-6-7-9-18(16)20(26)28-22/h6-13H,4-5,14H2,1-3H3,(H,23,27). The van der Waals surface area contributed by atoms with Gasteiger partial charge in [0.2, 0.25) is 0 Å². The molecule has 0 aromatic heterocycles. The van der Waals surface area contributed by atoms with Crippen molar-refractivity contribution in [3.8, 4) is 0 Å². The molecule has 2 aromatic rings. The molecule has 2 aromatic carbocycles. The minimum atomic E-state index is -1.29. The van der Waals surface area contributed by atoms with Gasteiger partial charge in [0.25, 0.3) is 11.8 Å². The molecule has 6 nitrogen and oxygen atoms in total. The van der Waals surface area contributed by atoms with Crippen molar-refractivity contribution in [3.05, 3.63) is 65.2 Å². The van der Waals surface area contributed by atoms with Crippen molar-refractivity contribution in [1.82, 2.24) is 4.90 Å². The van der Waals surface area contributed by atoms with Gasteiger partial charge in [0.05, 0.1) is 5.56 Å². The fourth-order valence-electron chi connectivity index (χ4n) is 3.31. The van der Waals surface area contributed by atoms with Crippen molar-refractivity contribution in [1.29, 1.82) is 0 Å². The normalized spacial score (nSPS) is 18.0. The number of benzene rings is 2. The van der Waals surface area contributed by atoms with E-state index in [0.717, 1.165) is 5.56 Å². The molecule has 1 aliphatic heterocycles. The van der Waals surface area contributed by atoms with Crippen LogP contribution in [0, 0.1) is 0 Å². The van der Waals surface area contributed by atoms with Crippen molar-refractivity contribution in [2.75, 3.05) is 18.4 Å². The van der Waals surface area contributed by atoms with E-state index in [2.05, 4.69) is 5.32 Å². The molecule has 2 amide bonds. The first-order chi connectivity index (χ1) is 13.4. The van der Waals surface area contributed by atoms with Gasteiger partial charge in [0, 0.05) is 30.8 Å². The zero-order chi connectivity index (χ0) is 20.3. The van der Waals surface area contributed by atoms with Crippen LogP contribution in [0.25, 0.3) is 0 Å². The maximum atomic E-state index is 12.8. The summed E-state index contributed by atoms with van der Waals surface area (Å²) in [5.74, 6) is -0.953. The average Bonchev–Trinajstić information content (AvgIpc) is 2.69. The van der Waals surface area contributed by atoms with Crippen LogP contribution >= 0.6 is 0 Å². The Morgan fingerprint density at radius 3 is 2.36 bits per heavy atom. The van der Waals surface area contributed by atoms with Crippen LogP contribution in [0.5, 0.6) is 0 Å². The number of hydrogen-bond donors (Lipinski definition) is 1. The third-order valence-electron chi connectivity index (χ3n) is 5.00. The highest BCUT2D eigenvalue weighted by Gasteiger charge is 2.42. The van der Waals surface area contributed by atoms with Crippen molar-refractivity contribution in [2.45, 2.75) is 32.8 Å². The van der Waals surface area contributed by atoms with Crippen LogP contribution in [-0.2, 0) is 16.0 Å². The van der Waals surface area contributed by atoms with E-state index >= 15 is 0 Å². The van der Waals surface area contributed by atoms with E-state index in [1.54, 1.807) is 48.2 Å². The van der Waals surface area contributed by atoms with Crippen molar-refractivity contribution in [2.24, 2.45) is 0 Å². The number of cyclic esters (lactones) is 1. The van der Waals surface area contributed by atoms with Gasteiger partial charge in [-0.1, -0.05) is 18.2 Å². The molecule has 1 atom stereocenters. The molecule has 0 spiro atoms. The number of ether oxygens (including phenoxy) is 1. The Morgan fingerprint density at radius 1 is 1.07 bits per heavy atom. The van der Waals surface area contributed by atoms with E-state index in [4.69, 9.17) is 4.74 Å². The molecular weight excluding hydrogens is 356 g/mol. The maximum Gasteiger partial charge on any atom is 0.339 e. The van der Waals surface area contributed by atoms with Gasteiger partial charge in [-0.15, -0.1) is 0 Å². The summed E-state index contributed by atoms with van der Waals surface area (Å²) < 4.78 is 5.45. The number of carbonyl (C=O) groups is 3. The number of anilines is 1. The number of hydrogen-bond acceptors (Lipinski definition) is 4. The summed E-state index contributed by atoms with van der Waals surface area (Å²) in [4.78, 5) is 39.2. The first-order valence-corrected chi connectivity index (χ1v) is 9.40. The number of rotatable bonds is 5. The summed E-state index contributed by atoms with van der Waals surface area (Å²) in [5.41, 5.74) is 1.09. The van der Waals surface area contributed by atoms with Crippen LogP contribution in [0.1, 0.15) is 47.1 Å². The van der Waals surface area contributed by atoms with Gasteiger partial charge in [-0.25, -0.2) is 4.79 Å². The molecule has 0 aliphatic carbocycles. The molecule has 28 heavy (non-hydrogen) atoms. The summed E-state index contributed by atoms with van der Waals surface area (Å²) in [6, 6.07) is 13.8. The molecule has 3 rings (SSSR count). The fraction of sp³-hybridized carbons (Fsp3) is 0.318. The summed E-state index contributed by atoms with van der Waals surface area (Å²) >= 11 is 0. The van der Waals surface area contributed by atoms with Gasteiger partial charge in [-0.3, -0.25) is 9.59 Å². The third kappa shape index (κ3) is 3.76. The van der Waals surface area contributed by atoms with E-state index in [-0.39, 0.29) is 5.91 Å². The van der Waals surface area contributed by atoms with Crippen molar-refractivity contribution >= 4 is 23.5 Å². The lowest BCUT2D eigenvalue weighted by atomic mass is 9.89. The average molecular weight is 380 g/mol. The Kier molecular flexibility index (Phi) is 5.49. The second-order valence-corrected chi connectivity index (χ2v) is 6.96. The molecule has 0 radical (unpaired) electrons. The first-order valence-electron chi connectivity index (χ1n) is 9.40. The molecule has 0 fully saturated rings. The maximum absolute atomic E-state index is 12.8. The van der Waals surface area contributed by atoms with Crippen LogP contribution in [0.15, 0.2) is 48.5 Å². The molecule has 1 heterocycles. The lowest BCUT2D eigenvalue weighted by molar-refractivity contribution is -0.134. The summed E-state index contributed by atoms with van der Waals surface area (Å²) in [5, 5.41) is 2.79. The van der Waals surface area contributed by atoms with Gasteiger partial charge in [0.1, 0.15) is 0 Å². The van der Waals surface area contributed by atoms with E-state index in [1.807, 2.05) is 26.0 Å². The van der Waals surface area contributed by atoms with Crippen molar-refractivity contribution < 1.29 is 19.1 Å². The summed E-state index contributed by atoms with van der Waals surface area (Å²) in [6.45, 7) is 6.74. The third-order valence-corrected chi connectivity index (χ3v) is 5.00. The number of carbonyl (C=O) groups excluding carboxylic acids is 3. The van der Waals surface area contributed by atoms with Crippen LogP contribution in [0.4, 0.5) is 5.69 Å². The SMILES string of the molecule is CCN(CC)C(=O)c1ccc(NC(=O)C2(C)Cc3ccccc3C(=O)O2)cc1. The number of amides is 2. The molecule has 146 valence electrons. The largest absolute Gasteiger partial charge is 0.445 e. The van der Waals surface area contributed by atoms with Crippen molar-refractivity contribution in [3.63, 3.8) is 0 Å². The van der Waals surface area contributed by atoms with E-state index < -0.39 is 17.5 Å². The molecule has 0 saturated heterocycles. The number of esters is 1. The van der Waals surface area contributed by atoms with Gasteiger partial charge >= 0.3 is 5.97 Å². The first kappa shape index (κ1) is 19.6. The molecule has 1 aliphatic rings. The topological polar surface area (TPSA) is 75.7 Å². The number of nitrogens with one attached hydrogen (secondary N) is 1. The van der Waals surface area contributed by atoms with Gasteiger partial charge in [-0.05, 0) is 56.7 Å². The summed E-state index contributed by atoms with van der Waals surface area (Å²) in [6.07, 6.45) is 0.305. The highest BCUT2D eigenvalue weighted by molar-refractivity contribution is 6.02. The van der Waals surface area contributed by atoms with Gasteiger partial charge in [0.15, 0.2) is 5.60 Å². The van der Waals surface area contributed by atoms with Crippen LogP contribution in [0.2, 0.25) is 0 Å². The van der Waals surface area contributed by atoms with Crippen LogP contribution < -0.4 is 5.32 Å². The Labute approximate surface area is 164 Å². The zero-order valence-electron chi connectivity index (χ0n) is 16.3. The zero-order valence-corrected chi connectivity index (χ0v) is 16.3. The van der Waals surface area contributed by atoms with Gasteiger partial charge in [-0.2, -0.15) is 0 Å². The second-order valence-electron chi connectivity index (χ2n) is 6.96. The van der Waals surface area contributed by atoms with E-state index in [0.29, 0.717) is 36.3 Å². The summed E-state index contributed by atoms with van der Waals surface area (Å²) in [7, 11) is 0. The van der Waals surface area contributed by atoms with E-state index in [1.165, 1.54) is 0 Å². The molecule has 1 unspecified atom stereocenters. The smallest absolute Gasteiger partial charge is 0.339 e. The molecule has 6 heteroatoms. The van der Waals surface area contributed by atoms with E-state index in [9.17, 15) is 14.4 Å². The number of fused-ring (bicyclic) bond motifs is 1. The lowest BCUT2D eigenvalue weighted by Gasteiger charge is -2.33. The molecule has 1 N–H and O–H groups in total. The van der Waals surface area contributed by atoms with Gasteiger partial charge < -0.3 is 15.0 Å². The Balaban J connectivity index is 1.73. The molecule has 0 bridgehead atoms. The Morgan fingerprint density at radius 2 is 1.71 bits per heavy atom. The van der Waals surface area contributed by atoms with Crippen LogP contribution in [-0.4, -0.2) is 41.4 Å². The predicted molar refractivity (Wildman–Crippen MR) is 106 cm³/mol. The molecular formula is C22H24N2O4. The fourth-order valence-corrected chi connectivity index (χ4v) is 3.31. The molecule has 0 saturated carbocycles. The van der Waals surface area contributed by atoms with Crippen LogP contribution in [0.3, 0.4) is 0 Å². The minimum Gasteiger partial charge on any atom is -0.445 e. The highest BCUT2D eigenvalue weighted by atomic mass is 16.6.